The van der Waals surface area contributed by atoms with Gasteiger partial charge in [-0.05, 0) is 24.1 Å². The minimum absolute atomic E-state index is 0.0155. The first-order chi connectivity index (χ1) is 7.70. The van der Waals surface area contributed by atoms with Gasteiger partial charge in [0, 0.05) is 25.9 Å². The van der Waals surface area contributed by atoms with Crippen LogP contribution >= 0.6 is 0 Å². The summed E-state index contributed by atoms with van der Waals surface area (Å²) in [6.45, 7) is 12.1. The Morgan fingerprint density at radius 2 is 1.88 bits per heavy atom. The van der Waals surface area contributed by atoms with E-state index in [0.29, 0.717) is 6.54 Å². The van der Waals surface area contributed by atoms with Crippen LogP contribution in [0.2, 0.25) is 0 Å². The third-order valence-electron chi connectivity index (χ3n) is 1.68. The highest BCUT2D eigenvalue weighted by molar-refractivity contribution is 5.72. The van der Waals surface area contributed by atoms with Crippen molar-refractivity contribution in [1.82, 2.24) is 10.3 Å². The van der Waals surface area contributed by atoms with Gasteiger partial charge >= 0.3 is 0 Å². The van der Waals surface area contributed by atoms with Crippen LogP contribution in [-0.4, -0.2) is 10.9 Å². The highest BCUT2D eigenvalue weighted by atomic mass is 16.1. The van der Waals surface area contributed by atoms with Crippen LogP contribution in [0.15, 0.2) is 18.5 Å². The molecule has 1 amide bonds. The van der Waals surface area contributed by atoms with E-state index in [-0.39, 0.29) is 5.91 Å². The van der Waals surface area contributed by atoms with Gasteiger partial charge in [0.2, 0.25) is 5.91 Å². The molecule has 0 fully saturated rings. The van der Waals surface area contributed by atoms with Crippen molar-refractivity contribution in [3.63, 3.8) is 0 Å². The van der Waals surface area contributed by atoms with Gasteiger partial charge in [-0.3, -0.25) is 9.78 Å². The van der Waals surface area contributed by atoms with Crippen LogP contribution in [0.4, 0.5) is 0 Å². The molecule has 0 aliphatic rings. The summed E-state index contributed by atoms with van der Waals surface area (Å²) in [5.41, 5.74) is 2.21. The number of aryl methyl sites for hydroxylation is 1. The number of pyridine rings is 1. The normalized spacial score (nSPS) is 7.88. The summed E-state index contributed by atoms with van der Waals surface area (Å²) in [5.74, 6) is -0.0155. The van der Waals surface area contributed by atoms with Crippen LogP contribution in [0.1, 0.15) is 45.7 Å². The van der Waals surface area contributed by atoms with Crippen molar-refractivity contribution in [2.75, 3.05) is 0 Å². The van der Waals surface area contributed by atoms with E-state index in [9.17, 15) is 4.79 Å². The van der Waals surface area contributed by atoms with Crippen LogP contribution in [0.25, 0.3) is 0 Å². The van der Waals surface area contributed by atoms with Crippen molar-refractivity contribution in [1.29, 1.82) is 0 Å². The molecule has 1 aromatic rings. The lowest BCUT2D eigenvalue weighted by Gasteiger charge is -2.04. The van der Waals surface area contributed by atoms with Gasteiger partial charge in [-0.1, -0.05) is 27.7 Å². The Bertz CT molecular complexity index is 285. The van der Waals surface area contributed by atoms with Gasteiger partial charge in [0.05, 0.1) is 0 Å². The van der Waals surface area contributed by atoms with Crippen molar-refractivity contribution >= 4 is 5.91 Å². The molecule has 0 aromatic carbocycles. The SMILES string of the molecule is CC.CC.CC(=O)NCc1cnccc1C. The van der Waals surface area contributed by atoms with Gasteiger partial charge < -0.3 is 5.32 Å². The Kier molecular flexibility index (Phi) is 12.4. The van der Waals surface area contributed by atoms with Crippen molar-refractivity contribution in [3.8, 4) is 0 Å². The maximum Gasteiger partial charge on any atom is 0.217 e. The Hall–Kier alpha value is -1.38. The molecule has 1 aromatic heterocycles. The fourth-order valence-electron chi connectivity index (χ4n) is 0.901. The summed E-state index contributed by atoms with van der Waals surface area (Å²) >= 11 is 0. The van der Waals surface area contributed by atoms with Gasteiger partial charge in [-0.15, -0.1) is 0 Å². The van der Waals surface area contributed by atoms with Gasteiger partial charge in [-0.2, -0.15) is 0 Å². The number of rotatable bonds is 2. The molecule has 3 heteroatoms. The van der Waals surface area contributed by atoms with Crippen LogP contribution in [-0.2, 0) is 11.3 Å². The molecule has 0 radical (unpaired) electrons. The zero-order valence-electron chi connectivity index (χ0n) is 11.3. The predicted octanol–water partition coefficient (Wildman–Crippen LogP) is 3.08. The second kappa shape index (κ2) is 11.7. The number of carbonyl (C=O) groups excluding carboxylic acids is 1. The fraction of sp³-hybridized carbons (Fsp3) is 0.538. The summed E-state index contributed by atoms with van der Waals surface area (Å²) < 4.78 is 0. The Balaban J connectivity index is 0. The summed E-state index contributed by atoms with van der Waals surface area (Å²) in [5, 5.41) is 2.72. The molecule has 0 atom stereocenters. The topological polar surface area (TPSA) is 42.0 Å². The fourth-order valence-corrected chi connectivity index (χ4v) is 0.901. The molecule has 0 saturated heterocycles. The lowest BCUT2D eigenvalue weighted by Crippen LogP contribution is -2.19. The molecule has 3 nitrogen and oxygen atoms in total. The average molecular weight is 224 g/mol. The zero-order valence-corrected chi connectivity index (χ0v) is 11.3. The molecular formula is C13H24N2O. The second-order valence-electron chi connectivity index (χ2n) is 2.71. The first-order valence-electron chi connectivity index (χ1n) is 5.84. The lowest BCUT2D eigenvalue weighted by atomic mass is 10.2. The molecular weight excluding hydrogens is 200 g/mol. The Morgan fingerprint density at radius 1 is 1.31 bits per heavy atom. The monoisotopic (exact) mass is 224 g/mol. The maximum absolute atomic E-state index is 10.6. The molecule has 0 aliphatic heterocycles. The number of hydrogen-bond acceptors (Lipinski definition) is 2. The molecule has 1 heterocycles. The van der Waals surface area contributed by atoms with E-state index in [1.807, 2.05) is 40.7 Å². The number of hydrogen-bond donors (Lipinski definition) is 1. The molecule has 0 spiro atoms. The van der Waals surface area contributed by atoms with E-state index >= 15 is 0 Å². The van der Waals surface area contributed by atoms with Crippen LogP contribution in [0.3, 0.4) is 0 Å². The van der Waals surface area contributed by atoms with E-state index in [2.05, 4.69) is 10.3 Å². The molecule has 1 rings (SSSR count). The third kappa shape index (κ3) is 7.97. The third-order valence-corrected chi connectivity index (χ3v) is 1.68. The minimum atomic E-state index is -0.0155. The number of nitrogens with zero attached hydrogens (tertiary/aromatic N) is 1. The predicted molar refractivity (Wildman–Crippen MR) is 69.2 cm³/mol. The molecule has 0 aliphatic carbocycles. The minimum Gasteiger partial charge on any atom is -0.352 e. The van der Waals surface area contributed by atoms with Crippen LogP contribution in [0.5, 0.6) is 0 Å². The zero-order chi connectivity index (χ0) is 13.0. The van der Waals surface area contributed by atoms with Crippen molar-refractivity contribution < 1.29 is 4.79 Å². The summed E-state index contributed by atoms with van der Waals surface area (Å²) in [4.78, 5) is 14.6. The van der Waals surface area contributed by atoms with Crippen molar-refractivity contribution in [2.24, 2.45) is 0 Å². The van der Waals surface area contributed by atoms with E-state index in [1.54, 1.807) is 12.4 Å². The van der Waals surface area contributed by atoms with Crippen molar-refractivity contribution in [2.45, 2.75) is 48.1 Å². The van der Waals surface area contributed by atoms with Crippen molar-refractivity contribution in [3.05, 3.63) is 29.6 Å². The highest BCUT2D eigenvalue weighted by Gasteiger charge is 1.97. The Morgan fingerprint density at radius 3 is 2.31 bits per heavy atom. The maximum atomic E-state index is 10.6. The Labute approximate surface area is 99.3 Å². The van der Waals surface area contributed by atoms with Crippen LogP contribution < -0.4 is 5.32 Å². The van der Waals surface area contributed by atoms with E-state index in [1.165, 1.54) is 6.92 Å². The molecule has 0 saturated carbocycles. The van der Waals surface area contributed by atoms with E-state index in [0.717, 1.165) is 11.1 Å². The standard InChI is InChI=1S/C9H12N2O.2C2H6/c1-7-3-4-10-5-9(7)6-11-8(2)12;2*1-2/h3-5H,6H2,1-2H3,(H,11,12);2*1-2H3. The largest absolute Gasteiger partial charge is 0.352 e. The van der Waals surface area contributed by atoms with Gasteiger partial charge in [-0.25, -0.2) is 0 Å². The summed E-state index contributed by atoms with van der Waals surface area (Å²) in [6.07, 6.45) is 3.51. The average Bonchev–Trinajstić information content (AvgIpc) is 2.33. The summed E-state index contributed by atoms with van der Waals surface area (Å²) in [7, 11) is 0. The lowest BCUT2D eigenvalue weighted by molar-refractivity contribution is -0.119. The summed E-state index contributed by atoms with van der Waals surface area (Å²) in [6, 6.07) is 1.93. The number of aromatic nitrogens is 1. The number of carbonyl (C=O) groups is 1. The molecule has 1 N–H and O–H groups in total. The number of nitrogens with one attached hydrogen (secondary N) is 1. The number of amides is 1. The first-order valence-corrected chi connectivity index (χ1v) is 5.84. The van der Waals surface area contributed by atoms with Gasteiger partial charge in [0.15, 0.2) is 0 Å². The molecule has 92 valence electrons. The quantitative estimate of drug-likeness (QED) is 0.838. The molecule has 0 bridgehead atoms. The molecule has 0 unspecified atom stereocenters. The van der Waals surface area contributed by atoms with E-state index < -0.39 is 0 Å². The highest BCUT2D eigenvalue weighted by Crippen LogP contribution is 2.03. The van der Waals surface area contributed by atoms with Gasteiger partial charge in [0.25, 0.3) is 0 Å². The smallest absolute Gasteiger partial charge is 0.217 e. The van der Waals surface area contributed by atoms with E-state index in [4.69, 9.17) is 0 Å². The van der Waals surface area contributed by atoms with Gasteiger partial charge in [0.1, 0.15) is 0 Å². The second-order valence-corrected chi connectivity index (χ2v) is 2.71. The first kappa shape index (κ1) is 17.0. The van der Waals surface area contributed by atoms with Crippen LogP contribution in [0, 0.1) is 6.92 Å². The molecule has 16 heavy (non-hydrogen) atoms.